The summed E-state index contributed by atoms with van der Waals surface area (Å²) in [5.74, 6) is 6.05. The van der Waals surface area contributed by atoms with Gasteiger partial charge < -0.3 is 10.6 Å². The lowest BCUT2D eigenvalue weighted by molar-refractivity contribution is 0.176. The van der Waals surface area contributed by atoms with Crippen LogP contribution < -0.4 is 5.73 Å². The van der Waals surface area contributed by atoms with Crippen LogP contribution in [0.4, 0.5) is 0 Å². The van der Waals surface area contributed by atoms with Crippen molar-refractivity contribution in [2.75, 3.05) is 33.2 Å². The van der Waals surface area contributed by atoms with Crippen molar-refractivity contribution in [3.63, 3.8) is 0 Å². The van der Waals surface area contributed by atoms with Gasteiger partial charge in [-0.3, -0.25) is 4.90 Å². The van der Waals surface area contributed by atoms with Gasteiger partial charge >= 0.3 is 0 Å². The van der Waals surface area contributed by atoms with Crippen molar-refractivity contribution in [1.29, 1.82) is 0 Å². The lowest BCUT2D eigenvalue weighted by Crippen LogP contribution is -2.39. The molecule has 21 heavy (non-hydrogen) atoms. The molecule has 0 aliphatic carbocycles. The van der Waals surface area contributed by atoms with Gasteiger partial charge in [0.2, 0.25) is 0 Å². The van der Waals surface area contributed by atoms with Crippen molar-refractivity contribution in [3.8, 4) is 11.8 Å². The van der Waals surface area contributed by atoms with E-state index in [0.717, 1.165) is 12.1 Å². The van der Waals surface area contributed by atoms with Gasteiger partial charge in [-0.2, -0.15) is 0 Å². The number of benzene rings is 1. The van der Waals surface area contributed by atoms with E-state index in [1.165, 1.54) is 38.0 Å². The molecule has 1 aromatic carbocycles. The second kappa shape index (κ2) is 8.19. The summed E-state index contributed by atoms with van der Waals surface area (Å²) in [5, 5.41) is 0. The van der Waals surface area contributed by atoms with Crippen LogP contribution in [0.15, 0.2) is 24.3 Å². The van der Waals surface area contributed by atoms with Crippen molar-refractivity contribution in [2.45, 2.75) is 32.4 Å². The SMILES string of the molecule is CCC1CN(C)CCCN1Cc1cccc(C#CCN)c1. The molecule has 1 aromatic rings. The molecule has 1 atom stereocenters. The quantitative estimate of drug-likeness (QED) is 0.861. The molecule has 3 nitrogen and oxygen atoms in total. The van der Waals surface area contributed by atoms with Crippen LogP contribution in [0.2, 0.25) is 0 Å². The van der Waals surface area contributed by atoms with Gasteiger partial charge in [0.25, 0.3) is 0 Å². The van der Waals surface area contributed by atoms with Crippen LogP contribution >= 0.6 is 0 Å². The van der Waals surface area contributed by atoms with Crippen LogP contribution in [0.25, 0.3) is 0 Å². The third kappa shape index (κ3) is 4.86. The number of hydrogen-bond acceptors (Lipinski definition) is 3. The van der Waals surface area contributed by atoms with E-state index in [2.05, 4.69) is 59.9 Å². The highest BCUT2D eigenvalue weighted by Crippen LogP contribution is 2.16. The molecule has 0 saturated carbocycles. The fourth-order valence-corrected chi connectivity index (χ4v) is 3.02. The molecule has 1 heterocycles. The highest BCUT2D eigenvalue weighted by molar-refractivity contribution is 5.37. The Hall–Kier alpha value is -1.34. The maximum Gasteiger partial charge on any atom is 0.0555 e. The Labute approximate surface area is 129 Å². The molecule has 2 N–H and O–H groups in total. The van der Waals surface area contributed by atoms with Gasteiger partial charge in [-0.05, 0) is 44.1 Å². The smallest absolute Gasteiger partial charge is 0.0555 e. The lowest BCUT2D eigenvalue weighted by atomic mass is 10.1. The molecular formula is C18H27N3. The van der Waals surface area contributed by atoms with Crippen molar-refractivity contribution in [3.05, 3.63) is 35.4 Å². The van der Waals surface area contributed by atoms with Gasteiger partial charge in [-0.15, -0.1) is 0 Å². The standard InChI is InChI=1S/C18H27N3/c1-3-18-15-20(2)11-6-12-21(18)14-17-8-4-7-16(13-17)9-5-10-19/h4,7-8,13,18H,3,6,10-12,14-15,19H2,1-2H3. The zero-order valence-corrected chi connectivity index (χ0v) is 13.3. The van der Waals surface area contributed by atoms with Gasteiger partial charge in [0.05, 0.1) is 6.54 Å². The molecule has 114 valence electrons. The van der Waals surface area contributed by atoms with Crippen LogP contribution in [0.3, 0.4) is 0 Å². The predicted molar refractivity (Wildman–Crippen MR) is 89.0 cm³/mol. The van der Waals surface area contributed by atoms with Crippen molar-refractivity contribution in [2.24, 2.45) is 5.73 Å². The fraction of sp³-hybridized carbons (Fsp3) is 0.556. The molecule has 0 spiro atoms. The highest BCUT2D eigenvalue weighted by atomic mass is 15.2. The minimum atomic E-state index is 0.417. The fourth-order valence-electron chi connectivity index (χ4n) is 3.02. The first-order valence-electron chi connectivity index (χ1n) is 7.93. The Kier molecular flexibility index (Phi) is 6.25. The monoisotopic (exact) mass is 285 g/mol. The van der Waals surface area contributed by atoms with Gasteiger partial charge in [0.15, 0.2) is 0 Å². The van der Waals surface area contributed by atoms with Gasteiger partial charge in [0, 0.05) is 31.2 Å². The molecule has 1 aliphatic heterocycles. The van der Waals surface area contributed by atoms with E-state index in [1.54, 1.807) is 0 Å². The Bertz CT molecular complexity index is 501. The number of likely N-dealkylation sites (N-methyl/N-ethyl adjacent to an activating group) is 1. The molecule has 1 fully saturated rings. The third-order valence-corrected chi connectivity index (χ3v) is 4.14. The van der Waals surface area contributed by atoms with E-state index >= 15 is 0 Å². The normalized spacial score (nSPS) is 20.6. The molecular weight excluding hydrogens is 258 g/mol. The summed E-state index contributed by atoms with van der Waals surface area (Å²) in [7, 11) is 2.23. The molecule has 1 unspecified atom stereocenters. The van der Waals surface area contributed by atoms with Gasteiger partial charge in [-0.1, -0.05) is 30.9 Å². The zero-order chi connectivity index (χ0) is 15.1. The van der Waals surface area contributed by atoms with Crippen molar-refractivity contribution >= 4 is 0 Å². The van der Waals surface area contributed by atoms with E-state index in [9.17, 15) is 0 Å². The summed E-state index contributed by atoms with van der Waals surface area (Å²) in [4.78, 5) is 5.08. The van der Waals surface area contributed by atoms with E-state index in [0.29, 0.717) is 12.6 Å². The Morgan fingerprint density at radius 3 is 2.95 bits per heavy atom. The molecule has 3 heteroatoms. The summed E-state index contributed by atoms with van der Waals surface area (Å²) >= 11 is 0. The summed E-state index contributed by atoms with van der Waals surface area (Å²) in [6.45, 7) is 7.28. The van der Waals surface area contributed by atoms with Crippen molar-refractivity contribution in [1.82, 2.24) is 9.80 Å². The van der Waals surface area contributed by atoms with Crippen LogP contribution in [0.5, 0.6) is 0 Å². The average molecular weight is 285 g/mol. The summed E-state index contributed by atoms with van der Waals surface area (Å²) in [6.07, 6.45) is 2.46. The Morgan fingerprint density at radius 1 is 1.33 bits per heavy atom. The first kappa shape index (κ1) is 16.0. The third-order valence-electron chi connectivity index (χ3n) is 4.14. The van der Waals surface area contributed by atoms with Crippen LogP contribution in [-0.2, 0) is 6.54 Å². The molecule has 0 amide bonds. The summed E-state index contributed by atoms with van der Waals surface area (Å²) < 4.78 is 0. The van der Waals surface area contributed by atoms with E-state index in [-0.39, 0.29) is 0 Å². The van der Waals surface area contributed by atoms with Gasteiger partial charge in [-0.25, -0.2) is 0 Å². The maximum atomic E-state index is 5.44. The zero-order valence-electron chi connectivity index (χ0n) is 13.3. The predicted octanol–water partition coefficient (Wildman–Crippen LogP) is 1.91. The first-order chi connectivity index (χ1) is 10.2. The van der Waals surface area contributed by atoms with E-state index in [1.807, 2.05) is 0 Å². The topological polar surface area (TPSA) is 32.5 Å². The average Bonchev–Trinajstić information content (AvgIpc) is 2.67. The first-order valence-corrected chi connectivity index (χ1v) is 7.93. The van der Waals surface area contributed by atoms with Crippen LogP contribution in [0.1, 0.15) is 30.9 Å². The molecule has 1 saturated heterocycles. The summed E-state index contributed by atoms with van der Waals surface area (Å²) in [5.41, 5.74) is 7.86. The highest BCUT2D eigenvalue weighted by Gasteiger charge is 2.21. The second-order valence-corrected chi connectivity index (χ2v) is 5.85. The number of hydrogen-bond donors (Lipinski definition) is 1. The lowest BCUT2D eigenvalue weighted by Gasteiger charge is -2.30. The molecule has 0 aromatic heterocycles. The van der Waals surface area contributed by atoms with E-state index in [4.69, 9.17) is 5.73 Å². The Morgan fingerprint density at radius 2 is 2.19 bits per heavy atom. The molecule has 0 bridgehead atoms. The van der Waals surface area contributed by atoms with Crippen LogP contribution in [0, 0.1) is 11.8 Å². The second-order valence-electron chi connectivity index (χ2n) is 5.85. The van der Waals surface area contributed by atoms with Gasteiger partial charge in [0.1, 0.15) is 0 Å². The summed E-state index contributed by atoms with van der Waals surface area (Å²) in [6, 6.07) is 9.20. The molecule has 1 aliphatic rings. The largest absolute Gasteiger partial charge is 0.320 e. The number of nitrogens with two attached hydrogens (primary N) is 1. The number of nitrogens with zero attached hydrogens (tertiary/aromatic N) is 2. The van der Waals surface area contributed by atoms with Crippen molar-refractivity contribution < 1.29 is 0 Å². The number of rotatable bonds is 3. The minimum Gasteiger partial charge on any atom is -0.320 e. The molecule has 0 radical (unpaired) electrons. The maximum absolute atomic E-state index is 5.44. The van der Waals surface area contributed by atoms with E-state index < -0.39 is 0 Å². The van der Waals surface area contributed by atoms with Crippen LogP contribution in [-0.4, -0.2) is 49.1 Å². The Balaban J connectivity index is 2.08. The molecule has 2 rings (SSSR count). The minimum absolute atomic E-state index is 0.417.